The van der Waals surface area contributed by atoms with E-state index < -0.39 is 0 Å². The van der Waals surface area contributed by atoms with Crippen molar-refractivity contribution in [2.75, 3.05) is 6.54 Å². The molecule has 30 heavy (non-hydrogen) atoms. The van der Waals surface area contributed by atoms with Crippen LogP contribution in [0.5, 0.6) is 0 Å². The van der Waals surface area contributed by atoms with Crippen LogP contribution in [0.1, 0.15) is 81.5 Å². The summed E-state index contributed by atoms with van der Waals surface area (Å²) >= 11 is 0. The van der Waals surface area contributed by atoms with Gasteiger partial charge in [-0.25, -0.2) is 4.39 Å². The van der Waals surface area contributed by atoms with Crippen molar-refractivity contribution in [3.05, 3.63) is 84.3 Å². The second kappa shape index (κ2) is 18.6. The zero-order chi connectivity index (χ0) is 21.7. The lowest BCUT2D eigenvalue weighted by atomic mass is 10.2. The van der Waals surface area contributed by atoms with E-state index in [1.807, 2.05) is 0 Å². The van der Waals surface area contributed by atoms with E-state index in [1.54, 1.807) is 0 Å². The Labute approximate surface area is 182 Å². The Kier molecular flexibility index (Phi) is 15.9. The van der Waals surface area contributed by atoms with Crippen LogP contribution in [0, 0.1) is 5.82 Å². The molecular weight excluding hydrogens is 373 g/mol. The van der Waals surface area contributed by atoms with Crippen molar-refractivity contribution in [2.45, 2.75) is 71.1 Å². The number of nitrogens with one attached hydrogen (secondary N) is 1. The van der Waals surface area contributed by atoms with E-state index in [-0.39, 0.29) is 11.7 Å². The highest BCUT2D eigenvalue weighted by Crippen LogP contribution is 2.03. The molecule has 1 aromatic rings. The van der Waals surface area contributed by atoms with Crippen LogP contribution in [0.25, 0.3) is 0 Å². The highest BCUT2D eigenvalue weighted by molar-refractivity contribution is 5.94. The number of halogens is 1. The molecule has 0 aliphatic heterocycles. The molecule has 164 valence electrons. The molecule has 0 aromatic heterocycles. The molecule has 2 nitrogen and oxygen atoms in total. The Morgan fingerprint density at radius 2 is 1.27 bits per heavy atom. The SMILES string of the molecule is CCCCCC=CCC=CCC=CCC=CCCCCNC(=O)c1ccc(F)cc1. The van der Waals surface area contributed by atoms with Crippen LogP contribution in [0.3, 0.4) is 0 Å². The van der Waals surface area contributed by atoms with Crippen LogP contribution in [0.15, 0.2) is 72.9 Å². The quantitative estimate of drug-likeness (QED) is 0.219. The number of carbonyl (C=O) groups excluding carboxylic acids is 1. The van der Waals surface area contributed by atoms with Gasteiger partial charge in [-0.2, -0.15) is 0 Å². The minimum absolute atomic E-state index is 0.146. The molecule has 0 bridgehead atoms. The van der Waals surface area contributed by atoms with Gasteiger partial charge < -0.3 is 5.32 Å². The normalized spacial score (nSPS) is 12.1. The first kappa shape index (κ1) is 25.6. The molecule has 0 radical (unpaired) electrons. The molecule has 1 amide bonds. The molecular formula is C27H38FNO. The van der Waals surface area contributed by atoms with Crippen molar-refractivity contribution in [3.63, 3.8) is 0 Å². The molecule has 1 rings (SSSR count). The Morgan fingerprint density at radius 1 is 0.767 bits per heavy atom. The number of allylic oxidation sites excluding steroid dienone is 8. The minimum atomic E-state index is -0.328. The molecule has 0 fully saturated rings. The summed E-state index contributed by atoms with van der Waals surface area (Å²) in [4.78, 5) is 11.9. The first-order valence-electron chi connectivity index (χ1n) is 11.4. The van der Waals surface area contributed by atoms with Crippen LogP contribution in [-0.4, -0.2) is 12.5 Å². The van der Waals surface area contributed by atoms with Gasteiger partial charge in [-0.3, -0.25) is 4.79 Å². The van der Waals surface area contributed by atoms with Crippen molar-refractivity contribution in [2.24, 2.45) is 0 Å². The number of hydrogen-bond donors (Lipinski definition) is 1. The van der Waals surface area contributed by atoms with Gasteiger partial charge in [-0.15, -0.1) is 0 Å². The summed E-state index contributed by atoms with van der Waals surface area (Å²) in [6.45, 7) is 2.88. The largest absolute Gasteiger partial charge is 0.352 e. The average Bonchev–Trinajstić information content (AvgIpc) is 2.75. The molecule has 3 heteroatoms. The van der Waals surface area contributed by atoms with E-state index in [0.29, 0.717) is 12.1 Å². The summed E-state index contributed by atoms with van der Waals surface area (Å²) in [6.07, 6.45) is 28.9. The maximum Gasteiger partial charge on any atom is 0.251 e. The zero-order valence-electron chi connectivity index (χ0n) is 18.5. The van der Waals surface area contributed by atoms with Gasteiger partial charge in [0, 0.05) is 12.1 Å². The van der Waals surface area contributed by atoms with E-state index >= 15 is 0 Å². The maximum atomic E-state index is 12.8. The highest BCUT2D eigenvalue weighted by Gasteiger charge is 2.03. The van der Waals surface area contributed by atoms with E-state index in [0.717, 1.165) is 38.5 Å². The molecule has 0 unspecified atom stereocenters. The van der Waals surface area contributed by atoms with E-state index in [4.69, 9.17) is 0 Å². The van der Waals surface area contributed by atoms with E-state index in [9.17, 15) is 9.18 Å². The zero-order valence-corrected chi connectivity index (χ0v) is 18.5. The number of unbranched alkanes of at least 4 members (excludes halogenated alkanes) is 5. The molecule has 0 saturated carbocycles. The van der Waals surface area contributed by atoms with Gasteiger partial charge in [0.15, 0.2) is 0 Å². The fraction of sp³-hybridized carbons (Fsp3) is 0.444. The predicted molar refractivity (Wildman–Crippen MR) is 127 cm³/mol. The second-order valence-electron chi connectivity index (χ2n) is 7.35. The topological polar surface area (TPSA) is 29.1 Å². The van der Waals surface area contributed by atoms with Crippen molar-refractivity contribution in [1.82, 2.24) is 5.32 Å². The maximum absolute atomic E-state index is 12.8. The Morgan fingerprint density at radius 3 is 1.80 bits per heavy atom. The number of rotatable bonds is 16. The number of benzene rings is 1. The van der Waals surface area contributed by atoms with Gasteiger partial charge in [-0.05, 0) is 75.6 Å². The van der Waals surface area contributed by atoms with Gasteiger partial charge in [0.25, 0.3) is 5.91 Å². The van der Waals surface area contributed by atoms with E-state index in [2.05, 4.69) is 60.8 Å². The number of hydrogen-bond acceptors (Lipinski definition) is 1. The summed E-state index contributed by atoms with van der Waals surface area (Å²) in [5.41, 5.74) is 0.497. The van der Waals surface area contributed by atoms with Crippen molar-refractivity contribution in [1.29, 1.82) is 0 Å². The third-order valence-corrected chi connectivity index (χ3v) is 4.65. The average molecular weight is 412 g/mol. The van der Waals surface area contributed by atoms with Crippen LogP contribution >= 0.6 is 0 Å². The molecule has 1 N–H and O–H groups in total. The van der Waals surface area contributed by atoms with Gasteiger partial charge >= 0.3 is 0 Å². The van der Waals surface area contributed by atoms with Gasteiger partial charge in [0.1, 0.15) is 5.82 Å². The molecule has 0 heterocycles. The molecule has 0 spiro atoms. The van der Waals surface area contributed by atoms with E-state index in [1.165, 1.54) is 49.9 Å². The standard InChI is InChI=1S/C27H38FNO/c1-2-3-4-5-6-7-8-9-10-11-12-13-14-15-16-17-18-19-24-29-27(30)25-20-22-26(28)23-21-25/h6-7,9-10,12-13,15-16,20-23H,2-5,8,11,14,17-19,24H2,1H3,(H,29,30). The summed E-state index contributed by atoms with van der Waals surface area (Å²) < 4.78 is 12.8. The second-order valence-corrected chi connectivity index (χ2v) is 7.35. The number of carbonyl (C=O) groups is 1. The molecule has 0 atom stereocenters. The van der Waals surface area contributed by atoms with Crippen molar-refractivity contribution in [3.8, 4) is 0 Å². The smallest absolute Gasteiger partial charge is 0.251 e. The fourth-order valence-electron chi connectivity index (χ4n) is 2.85. The highest BCUT2D eigenvalue weighted by atomic mass is 19.1. The third-order valence-electron chi connectivity index (χ3n) is 4.65. The lowest BCUT2D eigenvalue weighted by Gasteiger charge is -2.04. The Bertz CT molecular complexity index is 671. The third kappa shape index (κ3) is 14.6. The van der Waals surface area contributed by atoms with Gasteiger partial charge in [0.05, 0.1) is 0 Å². The first-order chi connectivity index (χ1) is 14.7. The first-order valence-corrected chi connectivity index (χ1v) is 11.4. The van der Waals surface area contributed by atoms with Crippen LogP contribution < -0.4 is 5.32 Å². The lowest BCUT2D eigenvalue weighted by molar-refractivity contribution is 0.0953. The van der Waals surface area contributed by atoms with Gasteiger partial charge in [0.2, 0.25) is 0 Å². The summed E-state index contributed by atoms with van der Waals surface area (Å²) in [5.74, 6) is -0.474. The van der Waals surface area contributed by atoms with Crippen molar-refractivity contribution < 1.29 is 9.18 Å². The Hall–Kier alpha value is -2.42. The van der Waals surface area contributed by atoms with Crippen LogP contribution in [-0.2, 0) is 0 Å². The number of amides is 1. The summed E-state index contributed by atoms with van der Waals surface area (Å²) in [6, 6.07) is 5.61. The lowest BCUT2D eigenvalue weighted by Crippen LogP contribution is -2.24. The molecule has 0 saturated heterocycles. The molecule has 0 aliphatic rings. The monoisotopic (exact) mass is 411 g/mol. The Balaban J connectivity index is 1.94. The molecule has 0 aliphatic carbocycles. The minimum Gasteiger partial charge on any atom is -0.352 e. The van der Waals surface area contributed by atoms with Gasteiger partial charge in [-0.1, -0.05) is 68.4 Å². The fourth-order valence-corrected chi connectivity index (χ4v) is 2.85. The van der Waals surface area contributed by atoms with Crippen LogP contribution in [0.4, 0.5) is 4.39 Å². The molecule has 1 aromatic carbocycles. The van der Waals surface area contributed by atoms with Crippen LogP contribution in [0.2, 0.25) is 0 Å². The predicted octanol–water partition coefficient (Wildman–Crippen LogP) is 7.70. The summed E-state index contributed by atoms with van der Waals surface area (Å²) in [7, 11) is 0. The summed E-state index contributed by atoms with van der Waals surface area (Å²) in [5, 5.41) is 2.87. The van der Waals surface area contributed by atoms with Crippen molar-refractivity contribution >= 4 is 5.91 Å².